The molecule has 1 unspecified atom stereocenters. The van der Waals surface area contributed by atoms with E-state index in [2.05, 4.69) is 9.47 Å². The average molecular weight is 624 g/mol. The van der Waals surface area contributed by atoms with Crippen molar-refractivity contribution < 1.29 is 44.9 Å². The molecule has 4 rings (SSSR count). The predicted molar refractivity (Wildman–Crippen MR) is 154 cm³/mol. The zero-order chi connectivity index (χ0) is 32.6. The van der Waals surface area contributed by atoms with Crippen LogP contribution in [0.3, 0.4) is 0 Å². The molecule has 11 heteroatoms. The summed E-state index contributed by atoms with van der Waals surface area (Å²) in [6.07, 6.45) is -10.5. The van der Waals surface area contributed by atoms with Crippen LogP contribution in [0.5, 0.6) is 17.2 Å². The summed E-state index contributed by atoms with van der Waals surface area (Å²) in [5.74, 6) is -0.359. The van der Waals surface area contributed by atoms with E-state index in [-0.39, 0.29) is 22.9 Å². The highest BCUT2D eigenvalue weighted by molar-refractivity contribution is 5.52. The van der Waals surface area contributed by atoms with Crippen LogP contribution in [0.2, 0.25) is 0 Å². The van der Waals surface area contributed by atoms with Crippen molar-refractivity contribution in [3.05, 3.63) is 120 Å². The Morgan fingerprint density at radius 2 is 1.09 bits per heavy atom. The molecule has 0 spiro atoms. The van der Waals surface area contributed by atoms with Gasteiger partial charge in [-0.25, -0.2) is 0 Å². The van der Waals surface area contributed by atoms with Gasteiger partial charge < -0.3 is 19.9 Å². The molecule has 0 aromatic heterocycles. The number of halogens is 7. The van der Waals surface area contributed by atoms with E-state index in [0.717, 1.165) is 5.56 Å². The first kappa shape index (κ1) is 34.1. The van der Waals surface area contributed by atoms with Gasteiger partial charge in [0.25, 0.3) is 0 Å². The Bertz CT molecular complexity index is 1420. The zero-order valence-electron chi connectivity index (χ0n) is 24.2. The maximum atomic E-state index is 13.5. The Kier molecular flexibility index (Phi) is 10.8. The van der Waals surface area contributed by atoms with Crippen LogP contribution < -0.4 is 19.9 Å². The SMILES string of the molecule is CC(F)(F)Oc1ccccc1N.CCC(Cc1ccccc1)(c1cccc(OC(C)(F)F)c1)c1cccc(OC(F)(F)F)c1. The van der Waals surface area contributed by atoms with E-state index < -0.39 is 24.0 Å². The third-order valence-corrected chi connectivity index (χ3v) is 6.46. The molecule has 0 aliphatic rings. The number of ether oxygens (including phenoxy) is 3. The molecule has 0 amide bonds. The first-order valence-corrected chi connectivity index (χ1v) is 13.5. The predicted octanol–water partition coefficient (Wildman–Crippen LogP) is 9.78. The number of hydrogen-bond donors (Lipinski definition) is 1. The summed E-state index contributed by atoms with van der Waals surface area (Å²) in [7, 11) is 0. The van der Waals surface area contributed by atoms with Crippen molar-refractivity contribution in [2.45, 2.75) is 57.6 Å². The Labute approximate surface area is 251 Å². The Hall–Kier alpha value is -4.41. The highest BCUT2D eigenvalue weighted by Gasteiger charge is 2.36. The maximum absolute atomic E-state index is 13.5. The second kappa shape index (κ2) is 13.9. The van der Waals surface area contributed by atoms with E-state index >= 15 is 0 Å². The summed E-state index contributed by atoms with van der Waals surface area (Å²) >= 11 is 0. The minimum atomic E-state index is -4.83. The molecule has 4 aromatic rings. The van der Waals surface area contributed by atoms with Crippen molar-refractivity contribution in [3.8, 4) is 17.2 Å². The molecule has 0 saturated heterocycles. The summed E-state index contributed by atoms with van der Waals surface area (Å²) in [6.45, 7) is 3.22. The lowest BCUT2D eigenvalue weighted by Crippen LogP contribution is -2.30. The fourth-order valence-electron chi connectivity index (χ4n) is 4.67. The van der Waals surface area contributed by atoms with Crippen molar-refractivity contribution in [3.63, 3.8) is 0 Å². The van der Waals surface area contributed by atoms with Crippen molar-refractivity contribution in [1.82, 2.24) is 0 Å². The summed E-state index contributed by atoms with van der Waals surface area (Å²) in [5, 5.41) is 0. The zero-order valence-corrected chi connectivity index (χ0v) is 24.2. The molecule has 0 aliphatic carbocycles. The summed E-state index contributed by atoms with van der Waals surface area (Å²) in [5.41, 5.74) is 6.94. The molecule has 44 heavy (non-hydrogen) atoms. The fourth-order valence-corrected chi connectivity index (χ4v) is 4.67. The van der Waals surface area contributed by atoms with Crippen LogP contribution in [-0.2, 0) is 11.8 Å². The number of benzene rings is 4. The Morgan fingerprint density at radius 3 is 1.57 bits per heavy atom. The van der Waals surface area contributed by atoms with Gasteiger partial charge in [-0.05, 0) is 65.9 Å². The normalized spacial score (nSPS) is 13.2. The van der Waals surface area contributed by atoms with Crippen LogP contribution in [0.1, 0.15) is 43.9 Å². The molecular formula is C33H32F7NO3. The summed E-state index contributed by atoms with van der Waals surface area (Å²) < 4.78 is 103. The van der Waals surface area contributed by atoms with Crippen LogP contribution >= 0.6 is 0 Å². The average Bonchev–Trinajstić information content (AvgIpc) is 2.92. The van der Waals surface area contributed by atoms with Crippen LogP contribution in [0.4, 0.5) is 36.4 Å². The minimum Gasteiger partial charge on any atom is -0.433 e. The van der Waals surface area contributed by atoms with Crippen molar-refractivity contribution in [2.75, 3.05) is 5.73 Å². The molecule has 0 fully saturated rings. The monoisotopic (exact) mass is 623 g/mol. The first-order chi connectivity index (χ1) is 20.5. The van der Waals surface area contributed by atoms with Gasteiger partial charge in [0.15, 0.2) is 0 Å². The van der Waals surface area contributed by atoms with Crippen LogP contribution in [0.25, 0.3) is 0 Å². The van der Waals surface area contributed by atoms with Gasteiger partial charge in [-0.3, -0.25) is 0 Å². The standard InChI is InChI=1S/C25H23F5O2.C8H9F2NO/c1-3-24(17-18-9-5-4-6-10-18,19-11-7-13-21(15-19)31-23(2,26)27)20-12-8-14-22(16-20)32-25(28,29)30;1-8(9,10)12-7-5-3-2-4-6(7)11/h4-16H,3,17H2,1-2H3;2-5H,11H2,1H3. The van der Waals surface area contributed by atoms with Gasteiger partial charge in [-0.15, -0.1) is 13.2 Å². The van der Waals surface area contributed by atoms with Crippen LogP contribution in [-0.4, -0.2) is 18.6 Å². The Morgan fingerprint density at radius 1 is 0.591 bits per heavy atom. The van der Waals surface area contributed by atoms with Gasteiger partial charge in [0.2, 0.25) is 0 Å². The Balaban J connectivity index is 0.000000369. The lowest BCUT2D eigenvalue weighted by atomic mass is 9.68. The lowest BCUT2D eigenvalue weighted by molar-refractivity contribution is -0.274. The van der Waals surface area contributed by atoms with Gasteiger partial charge in [0.05, 0.1) is 5.69 Å². The second-order valence-corrected chi connectivity index (χ2v) is 10.1. The number of hydrogen-bond acceptors (Lipinski definition) is 4. The van der Waals surface area contributed by atoms with Crippen molar-refractivity contribution in [1.29, 1.82) is 0 Å². The summed E-state index contributed by atoms with van der Waals surface area (Å²) in [4.78, 5) is 0. The minimum absolute atomic E-state index is 0.00463. The topological polar surface area (TPSA) is 53.7 Å². The van der Waals surface area contributed by atoms with Gasteiger partial charge in [0.1, 0.15) is 17.2 Å². The van der Waals surface area contributed by atoms with Gasteiger partial charge in [-0.1, -0.05) is 73.7 Å². The molecule has 0 aliphatic heterocycles. The molecule has 2 N–H and O–H groups in total. The van der Waals surface area contributed by atoms with Crippen LogP contribution in [0, 0.1) is 0 Å². The quantitative estimate of drug-likeness (QED) is 0.141. The number of alkyl halides is 7. The molecule has 1 atom stereocenters. The molecule has 0 bridgehead atoms. The van der Waals surface area contributed by atoms with E-state index in [4.69, 9.17) is 10.5 Å². The lowest BCUT2D eigenvalue weighted by Gasteiger charge is -2.35. The van der Waals surface area contributed by atoms with E-state index in [9.17, 15) is 30.7 Å². The largest absolute Gasteiger partial charge is 0.573 e. The number of anilines is 1. The van der Waals surface area contributed by atoms with E-state index in [1.165, 1.54) is 42.5 Å². The maximum Gasteiger partial charge on any atom is 0.573 e. The second-order valence-electron chi connectivity index (χ2n) is 10.1. The summed E-state index contributed by atoms with van der Waals surface area (Å²) in [6, 6.07) is 27.7. The van der Waals surface area contributed by atoms with Crippen molar-refractivity contribution >= 4 is 5.69 Å². The molecule has 236 valence electrons. The highest BCUT2D eigenvalue weighted by atomic mass is 19.4. The smallest absolute Gasteiger partial charge is 0.433 e. The van der Waals surface area contributed by atoms with E-state index in [1.807, 2.05) is 37.3 Å². The number of para-hydroxylation sites is 2. The molecule has 0 saturated carbocycles. The number of nitrogens with two attached hydrogens (primary N) is 1. The van der Waals surface area contributed by atoms with Gasteiger partial charge in [0, 0.05) is 19.3 Å². The van der Waals surface area contributed by atoms with Gasteiger partial charge >= 0.3 is 18.6 Å². The van der Waals surface area contributed by atoms with Gasteiger partial charge in [-0.2, -0.15) is 17.6 Å². The molecule has 4 aromatic carbocycles. The third-order valence-electron chi connectivity index (χ3n) is 6.46. The first-order valence-electron chi connectivity index (χ1n) is 13.5. The van der Waals surface area contributed by atoms with Crippen LogP contribution in [0.15, 0.2) is 103 Å². The number of rotatable bonds is 10. The molecule has 0 radical (unpaired) electrons. The third kappa shape index (κ3) is 10.4. The molecular weight excluding hydrogens is 591 g/mol. The van der Waals surface area contributed by atoms with E-state index in [0.29, 0.717) is 37.8 Å². The number of nitrogen functional groups attached to an aromatic ring is 1. The highest BCUT2D eigenvalue weighted by Crippen LogP contribution is 2.42. The molecule has 4 nitrogen and oxygen atoms in total. The molecule has 0 heterocycles. The van der Waals surface area contributed by atoms with E-state index in [1.54, 1.807) is 30.3 Å². The fraction of sp³-hybridized carbons (Fsp3) is 0.273. The van der Waals surface area contributed by atoms with Crippen molar-refractivity contribution in [2.24, 2.45) is 0 Å².